The molecular formula is C22H30F2N2O4S. The molecule has 1 aromatic carbocycles. The molecule has 2 unspecified atom stereocenters. The van der Waals surface area contributed by atoms with E-state index in [-0.39, 0.29) is 18.9 Å². The third kappa shape index (κ3) is 5.10. The molecule has 4 rings (SSSR count). The van der Waals surface area contributed by atoms with Crippen molar-refractivity contribution in [2.24, 2.45) is 17.8 Å². The smallest absolute Gasteiger partial charge is 0.211 e. The Balaban J connectivity index is 1.34. The summed E-state index contributed by atoms with van der Waals surface area (Å²) in [5, 5.41) is 9.94. The zero-order chi connectivity index (χ0) is 22.6. The number of aliphatic hydroxyl groups is 1. The average molecular weight is 457 g/mol. The number of sulfonamides is 1. The molecule has 1 saturated carbocycles. The fraction of sp³-hybridized carbons (Fsp3) is 0.636. The molecule has 31 heavy (non-hydrogen) atoms. The van der Waals surface area contributed by atoms with E-state index in [9.17, 15) is 22.3 Å². The number of fused-ring (bicyclic) bond motifs is 1. The van der Waals surface area contributed by atoms with Crippen LogP contribution in [0.2, 0.25) is 0 Å². The summed E-state index contributed by atoms with van der Waals surface area (Å²) in [5.74, 6) is -0.626. The van der Waals surface area contributed by atoms with Crippen LogP contribution in [-0.2, 0) is 10.0 Å². The van der Waals surface area contributed by atoms with Crippen LogP contribution in [0.25, 0.3) is 5.57 Å². The van der Waals surface area contributed by atoms with Crippen molar-refractivity contribution in [1.82, 2.24) is 9.21 Å². The molecule has 1 N–H and O–H groups in total. The van der Waals surface area contributed by atoms with Crippen molar-refractivity contribution in [2.75, 3.05) is 45.6 Å². The van der Waals surface area contributed by atoms with Crippen LogP contribution >= 0.6 is 0 Å². The van der Waals surface area contributed by atoms with E-state index in [1.54, 1.807) is 19.9 Å². The molecule has 2 fully saturated rings. The van der Waals surface area contributed by atoms with E-state index in [1.807, 2.05) is 0 Å². The Hall–Kier alpha value is -1.55. The first kappa shape index (κ1) is 22.6. The number of nitrogens with zero attached hydrogens (tertiary/aromatic N) is 2. The third-order valence-corrected chi connectivity index (χ3v) is 7.76. The zero-order valence-corrected chi connectivity index (χ0v) is 19.0. The monoisotopic (exact) mass is 456 g/mol. The first-order valence-corrected chi connectivity index (χ1v) is 12.5. The zero-order valence-electron chi connectivity index (χ0n) is 18.1. The summed E-state index contributed by atoms with van der Waals surface area (Å²) in [5.41, 5.74) is 0.419. The van der Waals surface area contributed by atoms with Crippen molar-refractivity contribution in [3.8, 4) is 5.75 Å². The van der Waals surface area contributed by atoms with Crippen LogP contribution in [0.15, 0.2) is 18.2 Å². The number of hydrogen-bond donors (Lipinski definition) is 1. The molecule has 172 valence electrons. The van der Waals surface area contributed by atoms with Crippen LogP contribution in [0, 0.1) is 29.4 Å². The number of ether oxygens (including phenoxy) is 1. The number of piperidine rings is 1. The molecule has 9 heteroatoms. The van der Waals surface area contributed by atoms with E-state index >= 15 is 0 Å². The van der Waals surface area contributed by atoms with Crippen LogP contribution in [0.5, 0.6) is 5.75 Å². The molecule has 2 atom stereocenters. The van der Waals surface area contributed by atoms with Crippen molar-refractivity contribution in [3.63, 3.8) is 0 Å². The molecule has 2 heterocycles. The van der Waals surface area contributed by atoms with Gasteiger partial charge in [0.25, 0.3) is 0 Å². The van der Waals surface area contributed by atoms with Crippen LogP contribution in [0.1, 0.15) is 25.8 Å². The fourth-order valence-corrected chi connectivity index (χ4v) is 5.71. The molecule has 1 aromatic rings. The Labute approximate surface area is 182 Å². The van der Waals surface area contributed by atoms with E-state index < -0.39 is 27.3 Å². The molecule has 0 aromatic heterocycles. The Bertz CT molecular complexity index is 955. The summed E-state index contributed by atoms with van der Waals surface area (Å²) in [6.45, 7) is 6.73. The SMILES string of the molecule is CC(C)(O)CN1CC2C(COc3c(F)cc(C4=CCN(S(C)(=O)=O)CC4)cc3F)C2C1. The van der Waals surface area contributed by atoms with Crippen molar-refractivity contribution >= 4 is 15.6 Å². The lowest BCUT2D eigenvalue weighted by Gasteiger charge is -2.27. The Kier molecular flexibility index (Phi) is 5.91. The normalized spacial score (nSPS) is 27.2. The van der Waals surface area contributed by atoms with Gasteiger partial charge in [-0.15, -0.1) is 0 Å². The topological polar surface area (TPSA) is 70.1 Å². The standard InChI is InChI=1S/C22H30F2N2O4S/c1-22(2,27)13-25-10-16-17(11-25)18(16)12-30-21-19(23)8-15(9-20(21)24)14-4-6-26(7-5-14)31(3,28)29/h4,8-9,16-18,27H,5-7,10-13H2,1-3H3. The van der Waals surface area contributed by atoms with Crippen molar-refractivity contribution in [1.29, 1.82) is 0 Å². The minimum atomic E-state index is -3.28. The largest absolute Gasteiger partial charge is 0.487 e. The van der Waals surface area contributed by atoms with E-state index in [0.717, 1.165) is 24.9 Å². The van der Waals surface area contributed by atoms with E-state index in [4.69, 9.17) is 4.74 Å². The van der Waals surface area contributed by atoms with Crippen LogP contribution in [-0.4, -0.2) is 73.9 Å². The predicted octanol–water partition coefficient (Wildman–Crippen LogP) is 2.34. The van der Waals surface area contributed by atoms with Crippen molar-refractivity contribution < 1.29 is 27.0 Å². The number of benzene rings is 1. The number of β-amino-alcohol motifs (C(OH)–C–C–N with tert-alkyl or cyclic N) is 1. The molecule has 3 aliphatic rings. The third-order valence-electron chi connectivity index (χ3n) is 6.49. The second-order valence-electron chi connectivity index (χ2n) is 9.68. The Morgan fingerprint density at radius 3 is 2.29 bits per heavy atom. The first-order valence-electron chi connectivity index (χ1n) is 10.6. The van der Waals surface area contributed by atoms with E-state index in [0.29, 0.717) is 42.8 Å². The van der Waals surface area contributed by atoms with Gasteiger partial charge in [0.2, 0.25) is 10.0 Å². The van der Waals surface area contributed by atoms with E-state index in [1.165, 1.54) is 16.4 Å². The summed E-state index contributed by atoms with van der Waals surface area (Å²) in [4.78, 5) is 2.23. The molecule has 0 bridgehead atoms. The van der Waals surface area contributed by atoms with Gasteiger partial charge in [0.15, 0.2) is 17.4 Å². The van der Waals surface area contributed by atoms with Gasteiger partial charge in [-0.25, -0.2) is 17.2 Å². The average Bonchev–Trinajstić information content (AvgIpc) is 3.10. The van der Waals surface area contributed by atoms with Gasteiger partial charge >= 0.3 is 0 Å². The van der Waals surface area contributed by atoms with Crippen molar-refractivity contribution in [3.05, 3.63) is 35.4 Å². The van der Waals surface area contributed by atoms with Gasteiger partial charge in [-0.1, -0.05) is 6.08 Å². The molecule has 0 spiro atoms. The summed E-state index contributed by atoms with van der Waals surface area (Å²) in [7, 11) is -3.28. The fourth-order valence-electron chi connectivity index (χ4n) is 4.94. The van der Waals surface area contributed by atoms with Gasteiger partial charge < -0.3 is 9.84 Å². The Morgan fingerprint density at radius 1 is 1.19 bits per heavy atom. The number of likely N-dealkylation sites (tertiary alicyclic amines) is 1. The maximum absolute atomic E-state index is 14.6. The molecule has 1 saturated heterocycles. The van der Waals surface area contributed by atoms with Crippen molar-refractivity contribution in [2.45, 2.75) is 25.9 Å². The lowest BCUT2D eigenvalue weighted by molar-refractivity contribution is 0.0380. The highest BCUT2D eigenvalue weighted by Crippen LogP contribution is 2.52. The maximum Gasteiger partial charge on any atom is 0.211 e. The molecule has 1 aliphatic carbocycles. The number of rotatable bonds is 7. The second-order valence-corrected chi connectivity index (χ2v) is 11.7. The highest BCUT2D eigenvalue weighted by Gasteiger charge is 2.56. The lowest BCUT2D eigenvalue weighted by Crippen LogP contribution is -2.39. The molecule has 0 amide bonds. The van der Waals surface area contributed by atoms with Gasteiger partial charge in [-0.05, 0) is 55.4 Å². The molecule has 2 aliphatic heterocycles. The van der Waals surface area contributed by atoms with E-state index in [2.05, 4.69) is 4.90 Å². The molecule has 0 radical (unpaired) electrons. The highest BCUT2D eigenvalue weighted by atomic mass is 32.2. The minimum Gasteiger partial charge on any atom is -0.487 e. The van der Waals surface area contributed by atoms with Crippen LogP contribution < -0.4 is 4.74 Å². The summed E-state index contributed by atoms with van der Waals surface area (Å²) < 4.78 is 59.3. The molecule has 6 nitrogen and oxygen atoms in total. The Morgan fingerprint density at radius 2 is 1.81 bits per heavy atom. The van der Waals surface area contributed by atoms with Crippen LogP contribution in [0.3, 0.4) is 0 Å². The quantitative estimate of drug-likeness (QED) is 0.682. The van der Waals surface area contributed by atoms with Gasteiger partial charge in [0.05, 0.1) is 18.5 Å². The van der Waals surface area contributed by atoms with Gasteiger partial charge in [-0.3, -0.25) is 4.90 Å². The maximum atomic E-state index is 14.6. The summed E-state index contributed by atoms with van der Waals surface area (Å²) in [6, 6.07) is 2.53. The van der Waals surface area contributed by atoms with Crippen LogP contribution in [0.4, 0.5) is 8.78 Å². The summed E-state index contributed by atoms with van der Waals surface area (Å²) >= 11 is 0. The lowest BCUT2D eigenvalue weighted by atomic mass is 10.00. The highest BCUT2D eigenvalue weighted by molar-refractivity contribution is 7.88. The number of halogens is 2. The summed E-state index contributed by atoms with van der Waals surface area (Å²) in [6.07, 6.45) is 3.25. The predicted molar refractivity (Wildman–Crippen MR) is 114 cm³/mol. The minimum absolute atomic E-state index is 0.199. The van der Waals surface area contributed by atoms with Gasteiger partial charge in [0, 0.05) is 38.6 Å². The molecular weight excluding hydrogens is 426 g/mol. The first-order chi connectivity index (χ1) is 14.4. The number of hydrogen-bond acceptors (Lipinski definition) is 5. The van der Waals surface area contributed by atoms with Gasteiger partial charge in [-0.2, -0.15) is 4.31 Å². The second kappa shape index (κ2) is 8.10. The van der Waals surface area contributed by atoms with Gasteiger partial charge in [0.1, 0.15) is 0 Å².